The summed E-state index contributed by atoms with van der Waals surface area (Å²) in [6, 6.07) is 14.4. The summed E-state index contributed by atoms with van der Waals surface area (Å²) in [6.07, 6.45) is 1.73. The fraction of sp³-hybridized carbons (Fsp3) is 0.0625. The van der Waals surface area contributed by atoms with Crippen molar-refractivity contribution in [2.24, 2.45) is 0 Å². The van der Waals surface area contributed by atoms with E-state index in [1.54, 1.807) is 33.8 Å². The van der Waals surface area contributed by atoms with E-state index < -0.39 is 0 Å². The van der Waals surface area contributed by atoms with Crippen molar-refractivity contribution in [1.29, 1.82) is 0 Å². The standard InChI is InChI=1S/C16H11BrCl2N2O/c17-11-4-6-12(7-5-11)21-16(22)8-9-20(21)10-13-14(18)2-1-3-15(13)19/h1-9H,10H2. The van der Waals surface area contributed by atoms with Crippen LogP contribution in [0.15, 0.2) is 64.0 Å². The van der Waals surface area contributed by atoms with Crippen LogP contribution >= 0.6 is 39.1 Å². The molecule has 0 atom stereocenters. The van der Waals surface area contributed by atoms with Crippen molar-refractivity contribution in [3.8, 4) is 5.69 Å². The van der Waals surface area contributed by atoms with Gasteiger partial charge in [0.05, 0.1) is 12.2 Å². The summed E-state index contributed by atoms with van der Waals surface area (Å²) in [6.45, 7) is 0.414. The minimum Gasteiger partial charge on any atom is -0.281 e. The third kappa shape index (κ3) is 3.00. The normalized spacial score (nSPS) is 10.9. The van der Waals surface area contributed by atoms with Crippen molar-refractivity contribution < 1.29 is 0 Å². The lowest BCUT2D eigenvalue weighted by molar-refractivity contribution is 0.593. The Morgan fingerprint density at radius 3 is 2.23 bits per heavy atom. The molecule has 0 unspecified atom stereocenters. The number of rotatable bonds is 3. The minimum absolute atomic E-state index is 0.106. The van der Waals surface area contributed by atoms with Crippen LogP contribution in [0, 0.1) is 0 Å². The van der Waals surface area contributed by atoms with Crippen molar-refractivity contribution >= 4 is 39.1 Å². The predicted molar refractivity (Wildman–Crippen MR) is 93.3 cm³/mol. The Bertz CT molecular complexity index is 848. The third-order valence-electron chi connectivity index (χ3n) is 3.31. The molecule has 1 aromatic heterocycles. The highest BCUT2D eigenvalue weighted by Crippen LogP contribution is 2.25. The molecule has 0 amide bonds. The molecule has 112 valence electrons. The van der Waals surface area contributed by atoms with Crippen LogP contribution in [0.25, 0.3) is 5.69 Å². The summed E-state index contributed by atoms with van der Waals surface area (Å²) in [5.74, 6) is 0. The predicted octanol–water partition coefficient (Wildman–Crippen LogP) is 4.76. The second kappa shape index (κ2) is 6.32. The summed E-state index contributed by atoms with van der Waals surface area (Å²) < 4.78 is 4.33. The fourth-order valence-electron chi connectivity index (χ4n) is 2.24. The molecule has 2 aromatic carbocycles. The quantitative estimate of drug-likeness (QED) is 0.626. The lowest BCUT2D eigenvalue weighted by atomic mass is 10.2. The molecule has 22 heavy (non-hydrogen) atoms. The van der Waals surface area contributed by atoms with E-state index in [2.05, 4.69) is 15.9 Å². The Hall–Kier alpha value is -1.49. The Morgan fingerprint density at radius 2 is 1.59 bits per heavy atom. The van der Waals surface area contributed by atoms with Gasteiger partial charge in [-0.3, -0.25) is 9.48 Å². The van der Waals surface area contributed by atoms with Crippen molar-refractivity contribution in [1.82, 2.24) is 9.36 Å². The van der Waals surface area contributed by atoms with E-state index in [4.69, 9.17) is 23.2 Å². The van der Waals surface area contributed by atoms with E-state index >= 15 is 0 Å². The first-order valence-corrected chi connectivity index (χ1v) is 8.08. The van der Waals surface area contributed by atoms with Gasteiger partial charge in [-0.1, -0.05) is 45.2 Å². The van der Waals surface area contributed by atoms with Crippen molar-refractivity contribution in [3.63, 3.8) is 0 Å². The van der Waals surface area contributed by atoms with Crippen molar-refractivity contribution in [2.45, 2.75) is 6.54 Å². The molecule has 6 heteroatoms. The number of benzene rings is 2. The molecule has 1 heterocycles. The maximum absolute atomic E-state index is 12.1. The van der Waals surface area contributed by atoms with Crippen LogP contribution in [0.2, 0.25) is 10.0 Å². The molecule has 3 rings (SSSR count). The molecule has 0 bridgehead atoms. The van der Waals surface area contributed by atoms with Crippen LogP contribution < -0.4 is 5.56 Å². The van der Waals surface area contributed by atoms with E-state index in [-0.39, 0.29) is 5.56 Å². The van der Waals surface area contributed by atoms with Crippen molar-refractivity contribution in [3.05, 3.63) is 85.2 Å². The molecule has 0 spiro atoms. The Kier molecular flexibility index (Phi) is 4.43. The summed E-state index contributed by atoms with van der Waals surface area (Å²) in [5.41, 5.74) is 1.46. The number of hydrogen-bond donors (Lipinski definition) is 0. The van der Waals surface area contributed by atoms with Gasteiger partial charge in [0.15, 0.2) is 0 Å². The summed E-state index contributed by atoms with van der Waals surface area (Å²) in [5, 5.41) is 1.16. The zero-order valence-corrected chi connectivity index (χ0v) is 14.4. The maximum Gasteiger partial charge on any atom is 0.271 e. The van der Waals surface area contributed by atoms with Crippen LogP contribution in [-0.4, -0.2) is 9.36 Å². The number of nitrogens with zero attached hydrogens (tertiary/aromatic N) is 2. The highest BCUT2D eigenvalue weighted by atomic mass is 79.9. The van der Waals surface area contributed by atoms with Gasteiger partial charge >= 0.3 is 0 Å². The van der Waals surface area contributed by atoms with E-state index in [9.17, 15) is 4.79 Å². The lowest BCUT2D eigenvalue weighted by Crippen LogP contribution is -2.21. The molecule has 0 aliphatic heterocycles. The second-order valence-corrected chi connectivity index (χ2v) is 6.47. The fourth-order valence-corrected chi connectivity index (χ4v) is 3.02. The number of aromatic nitrogens is 2. The zero-order chi connectivity index (χ0) is 15.7. The first-order valence-electron chi connectivity index (χ1n) is 6.53. The smallest absolute Gasteiger partial charge is 0.271 e. The van der Waals surface area contributed by atoms with Gasteiger partial charge in [-0.15, -0.1) is 0 Å². The average molecular weight is 398 g/mol. The zero-order valence-electron chi connectivity index (χ0n) is 11.3. The molecule has 3 aromatic rings. The van der Waals surface area contributed by atoms with Crippen LogP contribution in [0.1, 0.15) is 5.56 Å². The van der Waals surface area contributed by atoms with Gasteiger partial charge in [0.1, 0.15) is 0 Å². The van der Waals surface area contributed by atoms with Gasteiger partial charge in [0.25, 0.3) is 5.56 Å². The van der Waals surface area contributed by atoms with Gasteiger partial charge in [-0.2, -0.15) is 0 Å². The second-order valence-electron chi connectivity index (χ2n) is 4.74. The molecule has 0 N–H and O–H groups in total. The molecule has 3 nitrogen and oxygen atoms in total. The Balaban J connectivity index is 2.06. The van der Waals surface area contributed by atoms with Crippen LogP contribution in [0.4, 0.5) is 0 Å². The van der Waals surface area contributed by atoms with Crippen LogP contribution in [-0.2, 0) is 6.54 Å². The van der Waals surface area contributed by atoms with Gasteiger partial charge in [0, 0.05) is 32.3 Å². The minimum atomic E-state index is -0.106. The molecular weight excluding hydrogens is 387 g/mol. The summed E-state index contributed by atoms with van der Waals surface area (Å²) >= 11 is 15.8. The highest BCUT2D eigenvalue weighted by molar-refractivity contribution is 9.10. The largest absolute Gasteiger partial charge is 0.281 e. The first kappa shape index (κ1) is 15.4. The average Bonchev–Trinajstić information content (AvgIpc) is 2.85. The monoisotopic (exact) mass is 396 g/mol. The summed E-state index contributed by atoms with van der Waals surface area (Å²) in [7, 11) is 0. The molecule has 0 fully saturated rings. The Labute approximate surface area is 145 Å². The summed E-state index contributed by atoms with van der Waals surface area (Å²) in [4.78, 5) is 12.1. The topological polar surface area (TPSA) is 26.9 Å². The van der Waals surface area contributed by atoms with Crippen LogP contribution in [0.3, 0.4) is 0 Å². The van der Waals surface area contributed by atoms with Gasteiger partial charge < -0.3 is 0 Å². The molecule has 0 radical (unpaired) electrons. The van der Waals surface area contributed by atoms with E-state index in [1.165, 1.54) is 6.07 Å². The molecule has 0 saturated heterocycles. The van der Waals surface area contributed by atoms with E-state index in [1.807, 2.05) is 24.3 Å². The number of hydrogen-bond acceptors (Lipinski definition) is 1. The first-order chi connectivity index (χ1) is 10.6. The van der Waals surface area contributed by atoms with Crippen molar-refractivity contribution in [2.75, 3.05) is 0 Å². The number of halogens is 3. The third-order valence-corrected chi connectivity index (χ3v) is 4.54. The molecule has 0 aliphatic rings. The molecule has 0 saturated carbocycles. The van der Waals surface area contributed by atoms with Gasteiger partial charge in [-0.25, -0.2) is 4.68 Å². The molecular formula is C16H11BrCl2N2O. The molecule has 0 aliphatic carbocycles. The lowest BCUT2D eigenvalue weighted by Gasteiger charge is -2.14. The maximum atomic E-state index is 12.1. The van der Waals surface area contributed by atoms with E-state index in [0.29, 0.717) is 16.6 Å². The Morgan fingerprint density at radius 1 is 0.955 bits per heavy atom. The SMILES string of the molecule is O=c1ccn(Cc2c(Cl)cccc2Cl)n1-c1ccc(Br)cc1. The highest BCUT2D eigenvalue weighted by Gasteiger charge is 2.11. The van der Waals surface area contributed by atoms with Gasteiger partial charge in [0.2, 0.25) is 0 Å². The van der Waals surface area contributed by atoms with Crippen LogP contribution in [0.5, 0.6) is 0 Å². The van der Waals surface area contributed by atoms with E-state index in [0.717, 1.165) is 15.7 Å². The van der Waals surface area contributed by atoms with Gasteiger partial charge in [-0.05, 0) is 36.4 Å².